The summed E-state index contributed by atoms with van der Waals surface area (Å²) in [6, 6.07) is 3.46. The zero-order valence-electron chi connectivity index (χ0n) is 13.6. The monoisotopic (exact) mass is 344 g/mol. The highest BCUT2D eigenvalue weighted by Gasteiger charge is 2.31. The van der Waals surface area contributed by atoms with E-state index in [9.17, 15) is 9.59 Å². The van der Waals surface area contributed by atoms with Crippen molar-refractivity contribution in [3.05, 3.63) is 35.6 Å². The Hall–Kier alpha value is -2.28. The van der Waals surface area contributed by atoms with E-state index in [4.69, 9.17) is 0 Å². The maximum absolute atomic E-state index is 12.6. The molecule has 1 atom stereocenters. The number of rotatable bonds is 4. The van der Waals surface area contributed by atoms with Gasteiger partial charge >= 0.3 is 0 Å². The highest BCUT2D eigenvalue weighted by Crippen LogP contribution is 2.24. The van der Waals surface area contributed by atoms with Crippen molar-refractivity contribution in [3.63, 3.8) is 0 Å². The minimum absolute atomic E-state index is 0.0358. The predicted octanol–water partition coefficient (Wildman–Crippen LogP) is 1.87. The van der Waals surface area contributed by atoms with Crippen LogP contribution in [0.25, 0.3) is 10.6 Å². The van der Waals surface area contributed by atoms with Gasteiger partial charge in [0.1, 0.15) is 11.0 Å². The Morgan fingerprint density at radius 1 is 1.42 bits per heavy atom. The van der Waals surface area contributed by atoms with Gasteiger partial charge in [0, 0.05) is 36.9 Å². The maximum atomic E-state index is 12.6. The minimum Gasteiger partial charge on any atom is -0.357 e. The maximum Gasteiger partial charge on any atom is 0.242 e. The zero-order chi connectivity index (χ0) is 16.9. The second-order valence-electron chi connectivity index (χ2n) is 5.78. The summed E-state index contributed by atoms with van der Waals surface area (Å²) in [5, 5.41) is 5.41. The van der Waals surface area contributed by atoms with Crippen molar-refractivity contribution in [1.82, 2.24) is 20.2 Å². The number of nitrogens with zero attached hydrogens (tertiary/aromatic N) is 3. The molecule has 0 radical (unpaired) electrons. The van der Waals surface area contributed by atoms with Crippen LogP contribution in [0.1, 0.15) is 25.0 Å². The minimum atomic E-state index is -0.354. The number of aromatic nitrogens is 2. The van der Waals surface area contributed by atoms with Gasteiger partial charge in [0.2, 0.25) is 11.8 Å². The first-order chi connectivity index (χ1) is 11.7. The molecule has 0 spiro atoms. The highest BCUT2D eigenvalue weighted by atomic mass is 32.1. The van der Waals surface area contributed by atoms with Crippen LogP contribution in [-0.4, -0.2) is 46.3 Å². The fourth-order valence-corrected chi connectivity index (χ4v) is 3.75. The molecule has 24 heavy (non-hydrogen) atoms. The van der Waals surface area contributed by atoms with E-state index in [2.05, 4.69) is 15.3 Å². The predicted molar refractivity (Wildman–Crippen MR) is 92.5 cm³/mol. The van der Waals surface area contributed by atoms with Crippen molar-refractivity contribution in [2.45, 2.75) is 31.7 Å². The number of hydrogen-bond acceptors (Lipinski definition) is 5. The molecule has 1 saturated heterocycles. The number of likely N-dealkylation sites (N-methyl/N-ethyl adjacent to an activating group) is 1. The van der Waals surface area contributed by atoms with Crippen LogP contribution in [0.5, 0.6) is 0 Å². The molecule has 1 fully saturated rings. The lowest BCUT2D eigenvalue weighted by molar-refractivity contribution is -0.141. The number of carbonyl (C=O) groups is 2. The van der Waals surface area contributed by atoms with Gasteiger partial charge in [0.05, 0.1) is 12.1 Å². The lowest BCUT2D eigenvalue weighted by Gasteiger charge is -2.34. The SMILES string of the molecule is CNC(=O)C1CCCCN1C(=O)Cc1csc(-c2cccnc2)n1. The third-order valence-corrected chi connectivity index (χ3v) is 5.10. The van der Waals surface area contributed by atoms with Gasteiger partial charge in [-0.05, 0) is 31.4 Å². The summed E-state index contributed by atoms with van der Waals surface area (Å²) in [5.74, 6) is -0.122. The topological polar surface area (TPSA) is 75.2 Å². The van der Waals surface area contributed by atoms with Crippen molar-refractivity contribution in [2.24, 2.45) is 0 Å². The van der Waals surface area contributed by atoms with Crippen LogP contribution >= 0.6 is 11.3 Å². The normalized spacial score (nSPS) is 17.5. The van der Waals surface area contributed by atoms with Gasteiger partial charge in [-0.15, -0.1) is 11.3 Å². The average molecular weight is 344 g/mol. The van der Waals surface area contributed by atoms with Crippen LogP contribution in [0, 0.1) is 0 Å². The molecule has 1 aliphatic rings. The van der Waals surface area contributed by atoms with Gasteiger partial charge in [0.15, 0.2) is 0 Å². The Kier molecular flexibility index (Phi) is 5.20. The van der Waals surface area contributed by atoms with Crippen molar-refractivity contribution in [3.8, 4) is 10.6 Å². The van der Waals surface area contributed by atoms with E-state index >= 15 is 0 Å². The number of likely N-dealkylation sites (tertiary alicyclic amines) is 1. The molecule has 7 heteroatoms. The molecule has 1 aliphatic heterocycles. The molecule has 2 aromatic heterocycles. The Morgan fingerprint density at radius 3 is 3.04 bits per heavy atom. The molecule has 1 unspecified atom stereocenters. The van der Waals surface area contributed by atoms with E-state index < -0.39 is 0 Å². The van der Waals surface area contributed by atoms with Crippen LogP contribution in [0.2, 0.25) is 0 Å². The first-order valence-corrected chi connectivity index (χ1v) is 8.93. The van der Waals surface area contributed by atoms with Crippen LogP contribution < -0.4 is 5.32 Å². The molecule has 3 heterocycles. The zero-order valence-corrected chi connectivity index (χ0v) is 14.4. The second-order valence-corrected chi connectivity index (χ2v) is 6.63. The fourth-order valence-electron chi connectivity index (χ4n) is 2.94. The molecule has 2 amide bonds. The van der Waals surface area contributed by atoms with Gasteiger partial charge in [-0.1, -0.05) is 0 Å². The van der Waals surface area contributed by atoms with Gasteiger partial charge in [-0.2, -0.15) is 0 Å². The van der Waals surface area contributed by atoms with Crippen LogP contribution in [0.3, 0.4) is 0 Å². The Labute approximate surface area is 144 Å². The van der Waals surface area contributed by atoms with E-state index in [1.165, 1.54) is 11.3 Å². The second kappa shape index (κ2) is 7.53. The first-order valence-electron chi connectivity index (χ1n) is 8.05. The molecule has 126 valence electrons. The summed E-state index contributed by atoms with van der Waals surface area (Å²) < 4.78 is 0. The van der Waals surface area contributed by atoms with E-state index in [1.54, 1.807) is 24.3 Å². The molecule has 1 N–H and O–H groups in total. The summed E-state index contributed by atoms with van der Waals surface area (Å²) in [6.45, 7) is 0.635. The van der Waals surface area contributed by atoms with Crippen molar-refractivity contribution < 1.29 is 9.59 Å². The highest BCUT2D eigenvalue weighted by molar-refractivity contribution is 7.13. The molecule has 6 nitrogen and oxygen atoms in total. The molecule has 0 aromatic carbocycles. The van der Waals surface area contributed by atoms with Gasteiger partial charge in [-0.3, -0.25) is 14.6 Å². The number of pyridine rings is 1. The number of nitrogens with one attached hydrogen (secondary N) is 1. The van der Waals surface area contributed by atoms with E-state index in [0.29, 0.717) is 6.54 Å². The van der Waals surface area contributed by atoms with Crippen molar-refractivity contribution in [2.75, 3.05) is 13.6 Å². The summed E-state index contributed by atoms with van der Waals surface area (Å²) in [4.78, 5) is 35.0. The summed E-state index contributed by atoms with van der Waals surface area (Å²) in [5.41, 5.74) is 1.69. The Balaban J connectivity index is 1.70. The largest absolute Gasteiger partial charge is 0.357 e. The van der Waals surface area contributed by atoms with Crippen molar-refractivity contribution in [1.29, 1.82) is 0 Å². The Morgan fingerprint density at radius 2 is 2.29 bits per heavy atom. The lowest BCUT2D eigenvalue weighted by atomic mass is 10.0. The van der Waals surface area contributed by atoms with Crippen LogP contribution in [0.15, 0.2) is 29.9 Å². The van der Waals surface area contributed by atoms with Gasteiger partial charge in [-0.25, -0.2) is 4.98 Å². The van der Waals surface area contributed by atoms with Crippen LogP contribution in [0.4, 0.5) is 0 Å². The molecular weight excluding hydrogens is 324 g/mol. The third kappa shape index (κ3) is 3.62. The number of piperidine rings is 1. The average Bonchev–Trinajstić information content (AvgIpc) is 3.10. The quantitative estimate of drug-likeness (QED) is 0.919. The van der Waals surface area contributed by atoms with Crippen molar-refractivity contribution >= 4 is 23.2 Å². The van der Waals surface area contributed by atoms with Crippen LogP contribution in [-0.2, 0) is 16.0 Å². The Bertz CT molecular complexity index is 716. The first kappa shape index (κ1) is 16.6. The third-order valence-electron chi connectivity index (χ3n) is 4.16. The van der Waals surface area contributed by atoms with E-state index in [1.807, 2.05) is 17.5 Å². The van der Waals surface area contributed by atoms with E-state index in [0.717, 1.165) is 35.5 Å². The summed E-state index contributed by atoms with van der Waals surface area (Å²) in [7, 11) is 1.61. The fraction of sp³-hybridized carbons (Fsp3) is 0.412. The molecule has 2 aromatic rings. The summed E-state index contributed by atoms with van der Waals surface area (Å²) in [6.07, 6.45) is 6.35. The van der Waals surface area contributed by atoms with Gasteiger partial charge in [0.25, 0.3) is 0 Å². The molecule has 0 aliphatic carbocycles. The lowest BCUT2D eigenvalue weighted by Crippen LogP contribution is -2.51. The standard InChI is InChI=1S/C17H20N4O2S/c1-18-16(23)14-6-2-3-8-21(14)15(22)9-13-11-24-17(20-13)12-5-4-7-19-10-12/h4-5,7,10-11,14H,2-3,6,8-9H2,1H3,(H,18,23). The number of thiazole rings is 1. The molecule has 3 rings (SSSR count). The van der Waals surface area contributed by atoms with E-state index in [-0.39, 0.29) is 24.3 Å². The molecule has 0 bridgehead atoms. The number of amides is 2. The number of hydrogen-bond donors (Lipinski definition) is 1. The molecule has 0 saturated carbocycles. The smallest absolute Gasteiger partial charge is 0.242 e. The molecular formula is C17H20N4O2S. The number of carbonyl (C=O) groups excluding carboxylic acids is 2. The summed E-state index contributed by atoms with van der Waals surface area (Å²) >= 11 is 1.50. The van der Waals surface area contributed by atoms with Gasteiger partial charge < -0.3 is 10.2 Å².